The number of esters is 1. The van der Waals surface area contributed by atoms with Gasteiger partial charge in [0.15, 0.2) is 0 Å². The second-order valence-corrected chi connectivity index (χ2v) is 7.16. The molecule has 7 heteroatoms. The zero-order valence-corrected chi connectivity index (χ0v) is 13.2. The molecule has 0 bridgehead atoms. The van der Waals surface area contributed by atoms with Crippen molar-refractivity contribution in [3.63, 3.8) is 0 Å². The quantitative estimate of drug-likeness (QED) is 0.820. The number of nitrogens with one attached hydrogen (secondary N) is 1. The Bertz CT molecular complexity index is 561. The van der Waals surface area contributed by atoms with Crippen LogP contribution in [0.1, 0.15) is 41.6 Å². The first-order valence-electron chi connectivity index (χ1n) is 6.16. The zero-order valence-electron chi connectivity index (χ0n) is 11.6. The number of anilines is 1. The molecule has 0 spiro atoms. The summed E-state index contributed by atoms with van der Waals surface area (Å²) in [5, 5.41) is 0.356. The molecule has 0 atom stereocenters. The van der Waals surface area contributed by atoms with Gasteiger partial charge in [-0.25, -0.2) is 13.2 Å². The largest absolute Gasteiger partial charge is 0.462 e. The minimum atomic E-state index is -3.40. The fourth-order valence-electron chi connectivity index (χ4n) is 1.71. The molecule has 1 heterocycles. The van der Waals surface area contributed by atoms with Crippen LogP contribution in [0, 0.1) is 6.92 Å². The topological polar surface area (TPSA) is 72.5 Å². The second kappa shape index (κ2) is 6.38. The van der Waals surface area contributed by atoms with Crippen molar-refractivity contribution < 1.29 is 17.9 Å². The zero-order chi connectivity index (χ0) is 14.6. The maximum Gasteiger partial charge on any atom is 0.341 e. The molecule has 19 heavy (non-hydrogen) atoms. The molecule has 0 fully saturated rings. The van der Waals surface area contributed by atoms with Crippen LogP contribution in [-0.2, 0) is 21.2 Å². The molecular weight excluding hydrogens is 286 g/mol. The van der Waals surface area contributed by atoms with E-state index in [1.165, 1.54) is 11.3 Å². The normalized spacial score (nSPS) is 11.4. The Morgan fingerprint density at radius 1 is 1.32 bits per heavy atom. The van der Waals surface area contributed by atoms with Gasteiger partial charge in [-0.15, -0.1) is 11.3 Å². The van der Waals surface area contributed by atoms with E-state index in [4.69, 9.17) is 4.74 Å². The summed E-state index contributed by atoms with van der Waals surface area (Å²) in [5.74, 6) is -0.509. The number of aryl methyl sites for hydroxylation is 1. The van der Waals surface area contributed by atoms with Crippen LogP contribution in [0.15, 0.2) is 0 Å². The van der Waals surface area contributed by atoms with Crippen LogP contribution in [0.2, 0.25) is 0 Å². The molecule has 1 rings (SSSR count). The summed E-state index contributed by atoms with van der Waals surface area (Å²) in [7, 11) is -3.40. The number of ether oxygens (including phenoxy) is 1. The van der Waals surface area contributed by atoms with Gasteiger partial charge < -0.3 is 4.74 Å². The third-order valence-corrected chi connectivity index (χ3v) is 5.14. The highest BCUT2D eigenvalue weighted by Crippen LogP contribution is 2.34. The van der Waals surface area contributed by atoms with E-state index in [9.17, 15) is 13.2 Å². The van der Waals surface area contributed by atoms with Crippen molar-refractivity contribution in [1.29, 1.82) is 0 Å². The summed E-state index contributed by atoms with van der Waals surface area (Å²) in [5.41, 5.74) is 1.20. The van der Waals surface area contributed by atoms with Crippen LogP contribution < -0.4 is 4.72 Å². The van der Waals surface area contributed by atoms with E-state index in [-0.39, 0.29) is 12.4 Å². The fraction of sp³-hybridized carbons (Fsp3) is 0.583. The molecular formula is C12H19NO4S2. The van der Waals surface area contributed by atoms with Gasteiger partial charge in [0.1, 0.15) is 5.00 Å². The Kier molecular flexibility index (Phi) is 5.37. The van der Waals surface area contributed by atoms with Crippen molar-refractivity contribution in [1.82, 2.24) is 0 Å². The molecule has 0 aromatic carbocycles. The Balaban J connectivity index is 3.28. The van der Waals surface area contributed by atoms with Crippen molar-refractivity contribution in [3.05, 3.63) is 16.0 Å². The number of hydrogen-bond acceptors (Lipinski definition) is 5. The lowest BCUT2D eigenvalue weighted by molar-refractivity contribution is 0.0527. The van der Waals surface area contributed by atoms with Crippen molar-refractivity contribution in [2.45, 2.75) is 34.1 Å². The fourth-order valence-corrected chi connectivity index (χ4v) is 3.77. The Morgan fingerprint density at radius 3 is 2.42 bits per heavy atom. The lowest BCUT2D eigenvalue weighted by atomic mass is 10.1. The molecule has 0 aliphatic carbocycles. The average Bonchev–Trinajstić information content (AvgIpc) is 2.64. The number of hydrogen-bond donors (Lipinski definition) is 1. The second-order valence-electron chi connectivity index (χ2n) is 3.92. The van der Waals surface area contributed by atoms with Gasteiger partial charge in [0.25, 0.3) is 0 Å². The monoisotopic (exact) mass is 305 g/mol. The molecule has 1 aromatic heterocycles. The number of rotatable bonds is 6. The molecule has 0 radical (unpaired) electrons. The van der Waals surface area contributed by atoms with Crippen LogP contribution in [0.5, 0.6) is 0 Å². The van der Waals surface area contributed by atoms with E-state index in [1.54, 1.807) is 13.8 Å². The van der Waals surface area contributed by atoms with Crippen molar-refractivity contribution in [2.24, 2.45) is 0 Å². The van der Waals surface area contributed by atoms with Crippen LogP contribution in [0.3, 0.4) is 0 Å². The smallest absolute Gasteiger partial charge is 0.341 e. The summed E-state index contributed by atoms with van der Waals surface area (Å²) < 4.78 is 30.8. The van der Waals surface area contributed by atoms with Gasteiger partial charge in [-0.2, -0.15) is 0 Å². The first-order valence-corrected chi connectivity index (χ1v) is 8.62. The highest BCUT2D eigenvalue weighted by atomic mass is 32.2. The number of carbonyl (C=O) groups is 1. The highest BCUT2D eigenvalue weighted by molar-refractivity contribution is 7.92. The van der Waals surface area contributed by atoms with Gasteiger partial charge in [0, 0.05) is 4.88 Å². The first kappa shape index (κ1) is 16.0. The van der Waals surface area contributed by atoms with Gasteiger partial charge in [0.2, 0.25) is 10.0 Å². The maximum atomic E-state index is 12.0. The highest BCUT2D eigenvalue weighted by Gasteiger charge is 2.24. The Hall–Kier alpha value is -1.08. The number of thiophene rings is 1. The lowest BCUT2D eigenvalue weighted by Crippen LogP contribution is -2.17. The molecule has 0 aliphatic rings. The lowest BCUT2D eigenvalue weighted by Gasteiger charge is -2.08. The molecule has 0 saturated heterocycles. The van der Waals surface area contributed by atoms with Crippen molar-refractivity contribution in [2.75, 3.05) is 17.1 Å². The Morgan fingerprint density at radius 2 is 1.95 bits per heavy atom. The van der Waals surface area contributed by atoms with E-state index in [1.807, 2.05) is 13.8 Å². The van der Waals surface area contributed by atoms with Gasteiger partial charge in [0.05, 0.1) is 17.9 Å². The molecule has 108 valence electrons. The van der Waals surface area contributed by atoms with Gasteiger partial charge >= 0.3 is 5.97 Å². The summed E-state index contributed by atoms with van der Waals surface area (Å²) in [6.07, 6.45) is 0.657. The molecule has 0 saturated carbocycles. The van der Waals surface area contributed by atoms with Crippen molar-refractivity contribution in [3.8, 4) is 0 Å². The van der Waals surface area contributed by atoms with Crippen LogP contribution in [-0.4, -0.2) is 26.7 Å². The SMILES string of the molecule is CCOC(=O)c1c(NS(=O)(=O)CC)sc(C)c1CC. The van der Waals surface area contributed by atoms with E-state index in [0.29, 0.717) is 17.0 Å². The molecule has 1 aromatic rings. The predicted octanol–water partition coefficient (Wildman–Crippen LogP) is 2.56. The maximum absolute atomic E-state index is 12.0. The van der Waals surface area contributed by atoms with Crippen molar-refractivity contribution >= 4 is 32.3 Å². The predicted molar refractivity (Wildman–Crippen MR) is 77.5 cm³/mol. The van der Waals surface area contributed by atoms with Crippen LogP contribution >= 0.6 is 11.3 Å². The van der Waals surface area contributed by atoms with Gasteiger partial charge in [-0.05, 0) is 32.8 Å². The van der Waals surface area contributed by atoms with Gasteiger partial charge in [-0.3, -0.25) is 4.72 Å². The minimum absolute atomic E-state index is 0.0341. The molecule has 1 N–H and O–H groups in total. The summed E-state index contributed by atoms with van der Waals surface area (Å²) in [4.78, 5) is 12.9. The minimum Gasteiger partial charge on any atom is -0.462 e. The van der Waals surface area contributed by atoms with E-state index in [2.05, 4.69) is 4.72 Å². The first-order chi connectivity index (χ1) is 8.86. The molecule has 5 nitrogen and oxygen atoms in total. The standard InChI is InChI=1S/C12H19NO4S2/c1-5-9-8(4)18-11(13-19(15,16)7-3)10(9)12(14)17-6-2/h13H,5-7H2,1-4H3. The van der Waals surface area contributed by atoms with Crippen LogP contribution in [0.4, 0.5) is 5.00 Å². The van der Waals surface area contributed by atoms with E-state index >= 15 is 0 Å². The summed E-state index contributed by atoms with van der Waals surface area (Å²) in [6.45, 7) is 7.33. The molecule has 0 unspecified atom stereocenters. The van der Waals surface area contributed by atoms with Gasteiger partial charge in [-0.1, -0.05) is 6.92 Å². The number of carbonyl (C=O) groups excluding carboxylic acids is 1. The third kappa shape index (κ3) is 3.70. The molecule has 0 amide bonds. The van der Waals surface area contributed by atoms with Crippen LogP contribution in [0.25, 0.3) is 0 Å². The third-order valence-electron chi connectivity index (χ3n) is 2.67. The summed E-state index contributed by atoms with van der Waals surface area (Å²) >= 11 is 1.27. The Labute approximate surface area is 118 Å². The molecule has 0 aliphatic heterocycles. The van der Waals surface area contributed by atoms with E-state index in [0.717, 1.165) is 10.4 Å². The van der Waals surface area contributed by atoms with E-state index < -0.39 is 16.0 Å². The average molecular weight is 305 g/mol. The number of sulfonamides is 1. The summed E-state index contributed by atoms with van der Waals surface area (Å²) in [6, 6.07) is 0.